The van der Waals surface area contributed by atoms with Crippen molar-refractivity contribution in [1.82, 2.24) is 30.7 Å². The van der Waals surface area contributed by atoms with E-state index in [0.29, 0.717) is 23.6 Å². The summed E-state index contributed by atoms with van der Waals surface area (Å²) >= 11 is 0. The molecule has 0 aliphatic heterocycles. The number of aryl methyl sites for hydroxylation is 1. The number of amides is 1. The minimum absolute atomic E-state index is 0.0234. The molecule has 0 fully saturated rings. The highest BCUT2D eigenvalue weighted by Gasteiger charge is 2.22. The van der Waals surface area contributed by atoms with Gasteiger partial charge < -0.3 is 10.5 Å². The van der Waals surface area contributed by atoms with Crippen molar-refractivity contribution >= 4 is 28.7 Å². The van der Waals surface area contributed by atoms with Gasteiger partial charge in [0.05, 0.1) is 11.9 Å². The van der Waals surface area contributed by atoms with E-state index in [2.05, 4.69) is 54.0 Å². The van der Waals surface area contributed by atoms with Gasteiger partial charge in [0.1, 0.15) is 12.4 Å². The normalized spacial score (nSPS) is 11.2. The molecule has 0 saturated carbocycles. The molecule has 2 aromatic heterocycles. The van der Waals surface area contributed by atoms with Crippen LogP contribution in [0.4, 0.5) is 5.82 Å². The molecule has 5 aromatic rings. The number of hydrogen-bond donors (Lipinski definition) is 2. The Bertz CT molecular complexity index is 1530. The predicted octanol–water partition coefficient (Wildman–Crippen LogP) is 3.04. The number of aromatic nitrogens is 5. The van der Waals surface area contributed by atoms with Crippen LogP contribution < -0.4 is 15.9 Å². The minimum Gasteiger partial charge on any atom is -0.488 e. The van der Waals surface area contributed by atoms with E-state index in [1.165, 1.54) is 6.21 Å². The number of fused-ring (bicyclic) bond motifs is 1. The van der Waals surface area contributed by atoms with Gasteiger partial charge in [-0.1, -0.05) is 59.8 Å². The fourth-order valence-corrected chi connectivity index (χ4v) is 3.61. The average Bonchev–Trinajstić information content (AvgIpc) is 3.48. The summed E-state index contributed by atoms with van der Waals surface area (Å²) in [6, 6.07) is 21.7. The molecule has 0 saturated heterocycles. The Balaban J connectivity index is 1.31. The molecule has 11 nitrogen and oxygen atoms in total. The lowest BCUT2D eigenvalue weighted by Crippen LogP contribution is -2.22. The molecule has 3 N–H and O–H groups in total. The quantitative estimate of drug-likeness (QED) is 0.274. The lowest BCUT2D eigenvalue weighted by Gasteiger charge is -2.11. The maximum Gasteiger partial charge on any atom is 0.292 e. The number of ether oxygens (including phenoxy) is 1. The van der Waals surface area contributed by atoms with E-state index in [1.807, 2.05) is 48.5 Å². The second-order valence-electron chi connectivity index (χ2n) is 7.57. The van der Waals surface area contributed by atoms with E-state index in [9.17, 15) is 4.79 Å². The third-order valence-corrected chi connectivity index (χ3v) is 5.30. The Morgan fingerprint density at radius 2 is 1.91 bits per heavy atom. The van der Waals surface area contributed by atoms with Gasteiger partial charge in [-0.25, -0.2) is 10.1 Å². The molecule has 0 radical (unpaired) electrons. The first-order valence-electron chi connectivity index (χ1n) is 10.6. The van der Waals surface area contributed by atoms with Crippen LogP contribution in [0.3, 0.4) is 0 Å². The number of nitrogens with two attached hydrogens (primary N) is 1. The summed E-state index contributed by atoms with van der Waals surface area (Å²) in [5.74, 6) is 0.111. The molecule has 35 heavy (non-hydrogen) atoms. The van der Waals surface area contributed by atoms with Gasteiger partial charge in [-0.05, 0) is 45.7 Å². The van der Waals surface area contributed by atoms with Crippen molar-refractivity contribution in [3.8, 4) is 11.6 Å². The number of nitrogen functional groups attached to an aromatic ring is 1. The largest absolute Gasteiger partial charge is 0.488 e. The molecule has 11 heteroatoms. The monoisotopic (exact) mass is 468 g/mol. The van der Waals surface area contributed by atoms with Crippen LogP contribution in [-0.4, -0.2) is 37.4 Å². The van der Waals surface area contributed by atoms with Gasteiger partial charge >= 0.3 is 0 Å². The smallest absolute Gasteiger partial charge is 0.292 e. The van der Waals surface area contributed by atoms with Crippen molar-refractivity contribution in [3.63, 3.8) is 0 Å². The molecule has 3 aromatic carbocycles. The van der Waals surface area contributed by atoms with Crippen molar-refractivity contribution in [1.29, 1.82) is 0 Å². The first-order valence-corrected chi connectivity index (χ1v) is 10.6. The molecule has 0 atom stereocenters. The number of hydrogen-bond acceptors (Lipinski definition) is 9. The Morgan fingerprint density at radius 3 is 2.77 bits per heavy atom. The van der Waals surface area contributed by atoms with Gasteiger partial charge in [0, 0.05) is 5.56 Å². The maximum atomic E-state index is 12.8. The average molecular weight is 468 g/mol. The van der Waals surface area contributed by atoms with Crippen LogP contribution in [0, 0.1) is 6.92 Å². The van der Waals surface area contributed by atoms with Crippen LogP contribution in [0.25, 0.3) is 16.6 Å². The van der Waals surface area contributed by atoms with Crippen molar-refractivity contribution in [2.75, 3.05) is 5.73 Å². The Hall–Kier alpha value is -5.06. The molecule has 2 heterocycles. The number of carbonyl (C=O) groups excluding carboxylic acids is 1. The summed E-state index contributed by atoms with van der Waals surface area (Å²) in [5, 5.41) is 21.3. The van der Waals surface area contributed by atoms with E-state index in [1.54, 1.807) is 6.92 Å². The number of para-hydroxylation sites is 1. The number of benzene rings is 3. The van der Waals surface area contributed by atoms with Crippen molar-refractivity contribution in [2.45, 2.75) is 13.5 Å². The number of nitrogens with zero attached hydrogens (tertiary/aromatic N) is 6. The fourth-order valence-electron chi connectivity index (χ4n) is 3.61. The van der Waals surface area contributed by atoms with E-state index < -0.39 is 5.91 Å². The lowest BCUT2D eigenvalue weighted by molar-refractivity contribution is 0.0946. The molecule has 0 unspecified atom stereocenters. The highest BCUT2D eigenvalue weighted by atomic mass is 16.6. The zero-order valence-corrected chi connectivity index (χ0v) is 18.6. The van der Waals surface area contributed by atoms with E-state index in [0.717, 1.165) is 21.0 Å². The van der Waals surface area contributed by atoms with Gasteiger partial charge in [-0.15, -0.1) is 5.10 Å². The summed E-state index contributed by atoms with van der Waals surface area (Å²) in [6.45, 7) is 2.01. The molecule has 0 spiro atoms. The number of hydrazone groups is 1. The van der Waals surface area contributed by atoms with Crippen molar-refractivity contribution < 1.29 is 14.2 Å². The Labute approximate surface area is 199 Å². The van der Waals surface area contributed by atoms with Crippen LogP contribution in [0.1, 0.15) is 27.3 Å². The number of carbonyl (C=O) groups is 1. The maximum absolute atomic E-state index is 12.8. The van der Waals surface area contributed by atoms with Crippen LogP contribution in [0.2, 0.25) is 0 Å². The number of anilines is 1. The summed E-state index contributed by atoms with van der Waals surface area (Å²) < 4.78 is 11.8. The third kappa shape index (κ3) is 4.42. The Morgan fingerprint density at radius 1 is 1.11 bits per heavy atom. The highest BCUT2D eigenvalue weighted by Crippen LogP contribution is 2.22. The van der Waals surface area contributed by atoms with Gasteiger partial charge in [-0.3, -0.25) is 4.79 Å². The SMILES string of the molecule is Cc1nnn(-c2nonc2N)c1C(=O)N/N=C/c1ccccc1OCc1cccc2ccccc12. The molecular formula is C24H20N8O3. The predicted molar refractivity (Wildman–Crippen MR) is 128 cm³/mol. The van der Waals surface area contributed by atoms with Crippen LogP contribution in [0.15, 0.2) is 76.5 Å². The summed E-state index contributed by atoms with van der Waals surface area (Å²) in [4.78, 5) is 12.8. The highest BCUT2D eigenvalue weighted by molar-refractivity contribution is 5.95. The zero-order valence-electron chi connectivity index (χ0n) is 18.6. The van der Waals surface area contributed by atoms with Gasteiger partial charge in [-0.2, -0.15) is 9.78 Å². The number of nitrogens with one attached hydrogen (secondary N) is 1. The number of rotatable bonds is 7. The van der Waals surface area contributed by atoms with Crippen LogP contribution >= 0.6 is 0 Å². The lowest BCUT2D eigenvalue weighted by atomic mass is 10.1. The van der Waals surface area contributed by atoms with Gasteiger partial charge in [0.25, 0.3) is 5.91 Å². The molecule has 0 aliphatic carbocycles. The second kappa shape index (κ2) is 9.43. The molecule has 5 rings (SSSR count). The van der Waals surface area contributed by atoms with Gasteiger partial charge in [0.15, 0.2) is 5.69 Å². The Kier molecular flexibility index (Phi) is 5.87. The van der Waals surface area contributed by atoms with Gasteiger partial charge in [0.2, 0.25) is 11.6 Å². The van der Waals surface area contributed by atoms with E-state index in [-0.39, 0.29) is 17.3 Å². The molecule has 174 valence electrons. The molecular weight excluding hydrogens is 448 g/mol. The molecule has 0 aliphatic rings. The summed E-state index contributed by atoms with van der Waals surface area (Å²) in [5.41, 5.74) is 10.4. The molecule has 1 amide bonds. The summed E-state index contributed by atoms with van der Waals surface area (Å²) in [7, 11) is 0. The summed E-state index contributed by atoms with van der Waals surface area (Å²) in [6.07, 6.45) is 1.51. The molecule has 0 bridgehead atoms. The zero-order chi connectivity index (χ0) is 24.2. The second-order valence-corrected chi connectivity index (χ2v) is 7.57. The third-order valence-electron chi connectivity index (χ3n) is 5.30. The fraction of sp³-hybridized carbons (Fsp3) is 0.0833. The minimum atomic E-state index is -0.555. The van der Waals surface area contributed by atoms with E-state index in [4.69, 9.17) is 10.5 Å². The first kappa shape index (κ1) is 21.8. The van der Waals surface area contributed by atoms with Crippen molar-refractivity contribution in [2.24, 2.45) is 5.10 Å². The van der Waals surface area contributed by atoms with Crippen LogP contribution in [0.5, 0.6) is 5.75 Å². The standard InChI is InChI=1S/C24H20N8O3/c1-15-21(32(31-27-15)23-22(25)29-35-30-23)24(33)28-26-13-17-8-3-5-12-20(17)34-14-18-10-6-9-16-7-2-4-11-19(16)18/h2-13H,14H2,1H3,(H2,25,29)(H,28,33)/b26-13+. The van der Waals surface area contributed by atoms with Crippen molar-refractivity contribution in [3.05, 3.63) is 89.2 Å². The van der Waals surface area contributed by atoms with Crippen LogP contribution in [-0.2, 0) is 6.61 Å². The van der Waals surface area contributed by atoms with E-state index >= 15 is 0 Å². The topological polar surface area (TPSA) is 146 Å². The first-order chi connectivity index (χ1) is 17.1.